The van der Waals surface area contributed by atoms with Crippen molar-refractivity contribution < 1.29 is 15.0 Å². The molecule has 3 rings (SSSR count). The van der Waals surface area contributed by atoms with E-state index in [4.69, 9.17) is 0 Å². The van der Waals surface area contributed by atoms with Crippen molar-refractivity contribution in [1.29, 1.82) is 0 Å². The number of hydrogen-bond acceptors (Lipinski definition) is 3. The highest BCUT2D eigenvalue weighted by Crippen LogP contribution is 2.48. The summed E-state index contributed by atoms with van der Waals surface area (Å²) in [4.78, 5) is 12.0. The number of hydrogen-bond donors (Lipinski definition) is 2. The van der Waals surface area contributed by atoms with Crippen LogP contribution >= 0.6 is 0 Å². The van der Waals surface area contributed by atoms with Gasteiger partial charge >= 0.3 is 0 Å². The summed E-state index contributed by atoms with van der Waals surface area (Å²) >= 11 is 0. The minimum atomic E-state index is -0.658. The number of Topliss-reactive ketones (excluding diaryl/α,β-unsaturated/α-hetero) is 1. The van der Waals surface area contributed by atoms with E-state index in [9.17, 15) is 15.0 Å². The minimum Gasteiger partial charge on any atom is -0.392 e. The lowest BCUT2D eigenvalue weighted by Gasteiger charge is -2.35. The van der Waals surface area contributed by atoms with Crippen molar-refractivity contribution in [2.24, 2.45) is 23.7 Å². The van der Waals surface area contributed by atoms with Gasteiger partial charge in [0.15, 0.2) is 5.78 Å². The summed E-state index contributed by atoms with van der Waals surface area (Å²) in [5.41, 5.74) is 0.0640. The molecule has 1 unspecified atom stereocenters. The third-order valence-electron chi connectivity index (χ3n) is 6.49. The van der Waals surface area contributed by atoms with Gasteiger partial charge < -0.3 is 10.2 Å². The molecule has 0 heterocycles. The Bertz CT molecular complexity index is 499. The average Bonchev–Trinajstić information content (AvgIpc) is 2.97. The normalized spacial score (nSPS) is 38.2. The van der Waals surface area contributed by atoms with E-state index in [0.717, 1.165) is 18.4 Å². The van der Waals surface area contributed by atoms with Crippen molar-refractivity contribution in [2.75, 3.05) is 0 Å². The minimum absolute atomic E-state index is 0.0327. The van der Waals surface area contributed by atoms with Gasteiger partial charge in [-0.15, -0.1) is 0 Å². The van der Waals surface area contributed by atoms with Crippen LogP contribution in [0.1, 0.15) is 58.3 Å². The Morgan fingerprint density at radius 2 is 2.00 bits per heavy atom. The van der Waals surface area contributed by atoms with Gasteiger partial charge in [0.05, 0.1) is 11.7 Å². The van der Waals surface area contributed by atoms with Crippen LogP contribution < -0.4 is 0 Å². The SMILES string of the molecule is C=C1C[C@H]2[C@H](/C=C/CC(C)(O)C3CCCCC3)[C@H](O)C[C@@H]2C1=O. The Kier molecular flexibility index (Phi) is 4.80. The van der Waals surface area contributed by atoms with Crippen LogP contribution in [0.3, 0.4) is 0 Å². The van der Waals surface area contributed by atoms with Crippen molar-refractivity contribution in [3.8, 4) is 0 Å². The van der Waals surface area contributed by atoms with Gasteiger partial charge in [0.1, 0.15) is 0 Å². The number of allylic oxidation sites excluding steroid dienone is 1. The maximum absolute atomic E-state index is 12.0. The van der Waals surface area contributed by atoms with Crippen LogP contribution in [-0.2, 0) is 4.79 Å². The third-order valence-corrected chi connectivity index (χ3v) is 6.49. The van der Waals surface area contributed by atoms with E-state index in [1.165, 1.54) is 19.3 Å². The third kappa shape index (κ3) is 3.32. The van der Waals surface area contributed by atoms with Gasteiger partial charge in [0.2, 0.25) is 0 Å². The van der Waals surface area contributed by atoms with Crippen LogP contribution in [0.2, 0.25) is 0 Å². The van der Waals surface area contributed by atoms with Crippen LogP contribution in [0.4, 0.5) is 0 Å². The fourth-order valence-electron chi connectivity index (χ4n) is 5.00. The lowest BCUT2D eigenvalue weighted by Crippen LogP contribution is -2.35. The number of rotatable bonds is 4. The molecule has 3 heteroatoms. The van der Waals surface area contributed by atoms with E-state index in [-0.39, 0.29) is 23.5 Å². The van der Waals surface area contributed by atoms with Crippen LogP contribution in [-0.4, -0.2) is 27.7 Å². The first-order valence-corrected chi connectivity index (χ1v) is 9.19. The Hall–Kier alpha value is -0.930. The molecule has 5 atom stereocenters. The van der Waals surface area contributed by atoms with Crippen molar-refractivity contribution in [2.45, 2.75) is 70.0 Å². The maximum atomic E-state index is 12.0. The zero-order chi connectivity index (χ0) is 16.6. The number of carbonyl (C=O) groups excluding carboxylic acids is 1. The van der Waals surface area contributed by atoms with Gasteiger partial charge in [-0.25, -0.2) is 0 Å². The Morgan fingerprint density at radius 1 is 1.30 bits per heavy atom. The molecule has 0 aromatic heterocycles. The van der Waals surface area contributed by atoms with Gasteiger partial charge in [-0.2, -0.15) is 0 Å². The van der Waals surface area contributed by atoms with Crippen molar-refractivity contribution >= 4 is 5.78 Å². The average molecular weight is 318 g/mol. The van der Waals surface area contributed by atoms with E-state index >= 15 is 0 Å². The molecule has 3 aliphatic rings. The van der Waals surface area contributed by atoms with Gasteiger partial charge in [-0.05, 0) is 56.4 Å². The molecular weight excluding hydrogens is 288 g/mol. The lowest BCUT2D eigenvalue weighted by atomic mass is 9.76. The molecule has 128 valence electrons. The van der Waals surface area contributed by atoms with E-state index < -0.39 is 11.7 Å². The molecule has 0 bridgehead atoms. The first-order chi connectivity index (χ1) is 10.9. The fraction of sp³-hybridized carbons (Fsp3) is 0.750. The number of carbonyl (C=O) groups is 1. The predicted octanol–water partition coefficient (Wildman–Crippen LogP) is 3.41. The predicted molar refractivity (Wildman–Crippen MR) is 90.8 cm³/mol. The summed E-state index contributed by atoms with van der Waals surface area (Å²) in [7, 11) is 0. The smallest absolute Gasteiger partial charge is 0.161 e. The Balaban J connectivity index is 1.61. The second kappa shape index (κ2) is 6.52. The molecular formula is C20H30O3. The largest absolute Gasteiger partial charge is 0.392 e. The Morgan fingerprint density at radius 3 is 2.70 bits per heavy atom. The summed E-state index contributed by atoms with van der Waals surface area (Å²) in [6, 6.07) is 0. The molecule has 0 saturated heterocycles. The quantitative estimate of drug-likeness (QED) is 0.617. The number of ketones is 1. The standard InChI is InChI=1S/C20H30O3/c1-13-11-16-15(18(21)12-17(16)19(13)22)9-6-10-20(2,23)14-7-4-3-5-8-14/h6,9,14-18,21,23H,1,3-5,7-8,10-12H2,2H3/b9-6+/t15-,16-,17-,18+,20?/m0/s1. The highest BCUT2D eigenvalue weighted by molar-refractivity contribution is 5.99. The van der Waals surface area contributed by atoms with Gasteiger partial charge in [0, 0.05) is 11.8 Å². The first kappa shape index (κ1) is 16.9. The van der Waals surface area contributed by atoms with E-state index in [0.29, 0.717) is 25.2 Å². The molecule has 0 aromatic rings. The van der Waals surface area contributed by atoms with E-state index in [2.05, 4.69) is 12.7 Å². The molecule has 3 aliphatic carbocycles. The Labute approximate surface area is 139 Å². The van der Waals surface area contributed by atoms with Crippen LogP contribution in [0.15, 0.2) is 24.3 Å². The molecule has 23 heavy (non-hydrogen) atoms. The van der Waals surface area contributed by atoms with Crippen molar-refractivity contribution in [3.05, 3.63) is 24.3 Å². The maximum Gasteiger partial charge on any atom is 0.161 e. The summed E-state index contributed by atoms with van der Waals surface area (Å²) in [6.07, 6.45) is 11.5. The first-order valence-electron chi connectivity index (χ1n) is 9.19. The summed E-state index contributed by atoms with van der Waals surface area (Å²) in [5.74, 6) is 0.742. The lowest BCUT2D eigenvalue weighted by molar-refractivity contribution is -0.118. The molecule has 3 nitrogen and oxygen atoms in total. The topological polar surface area (TPSA) is 57.5 Å². The second-order valence-electron chi connectivity index (χ2n) is 8.15. The number of aliphatic hydroxyl groups is 2. The molecule has 0 aliphatic heterocycles. The van der Waals surface area contributed by atoms with Crippen LogP contribution in [0.25, 0.3) is 0 Å². The zero-order valence-electron chi connectivity index (χ0n) is 14.2. The van der Waals surface area contributed by atoms with Gasteiger partial charge in [-0.1, -0.05) is 38.0 Å². The second-order valence-corrected chi connectivity index (χ2v) is 8.15. The highest BCUT2D eigenvalue weighted by Gasteiger charge is 2.49. The van der Waals surface area contributed by atoms with Gasteiger partial charge in [0.25, 0.3) is 0 Å². The molecule has 0 aromatic carbocycles. The summed E-state index contributed by atoms with van der Waals surface area (Å²) in [6.45, 7) is 5.81. The van der Waals surface area contributed by atoms with Crippen molar-refractivity contribution in [3.63, 3.8) is 0 Å². The van der Waals surface area contributed by atoms with Gasteiger partial charge in [-0.3, -0.25) is 4.79 Å². The molecule has 0 amide bonds. The zero-order valence-corrected chi connectivity index (χ0v) is 14.2. The molecule has 0 radical (unpaired) electrons. The number of fused-ring (bicyclic) bond motifs is 1. The molecule has 2 N–H and O–H groups in total. The van der Waals surface area contributed by atoms with Crippen LogP contribution in [0.5, 0.6) is 0 Å². The highest BCUT2D eigenvalue weighted by atomic mass is 16.3. The monoisotopic (exact) mass is 318 g/mol. The molecule has 3 fully saturated rings. The van der Waals surface area contributed by atoms with E-state index in [1.54, 1.807) is 0 Å². The molecule has 0 spiro atoms. The summed E-state index contributed by atoms with van der Waals surface area (Å²) in [5, 5.41) is 21.0. The van der Waals surface area contributed by atoms with Crippen LogP contribution in [0, 0.1) is 23.7 Å². The van der Waals surface area contributed by atoms with E-state index in [1.807, 2.05) is 13.0 Å². The fourth-order valence-corrected chi connectivity index (χ4v) is 5.00. The molecule has 3 saturated carbocycles. The number of aliphatic hydroxyl groups excluding tert-OH is 1. The van der Waals surface area contributed by atoms with Crippen molar-refractivity contribution in [1.82, 2.24) is 0 Å². The summed E-state index contributed by atoms with van der Waals surface area (Å²) < 4.78 is 0.